The number of aryl methyl sites for hydroxylation is 1. The van der Waals surface area contributed by atoms with E-state index in [9.17, 15) is 4.79 Å². The molecule has 0 bridgehead atoms. The number of carbonyl (C=O) groups is 1. The van der Waals surface area contributed by atoms with Crippen molar-refractivity contribution in [3.05, 3.63) is 35.8 Å². The number of rotatable bonds is 3. The third-order valence-corrected chi connectivity index (χ3v) is 3.63. The van der Waals surface area contributed by atoms with E-state index < -0.39 is 0 Å². The van der Waals surface area contributed by atoms with E-state index in [2.05, 4.69) is 47.2 Å². The van der Waals surface area contributed by atoms with Crippen molar-refractivity contribution in [1.82, 2.24) is 24.3 Å². The molecule has 0 aromatic carbocycles. The lowest BCUT2D eigenvalue weighted by Gasteiger charge is -2.20. The maximum absolute atomic E-state index is 12.5. The number of aromatic nitrogens is 5. The van der Waals surface area contributed by atoms with Crippen LogP contribution in [0.4, 0.5) is 5.95 Å². The molecule has 0 saturated carbocycles. The minimum Gasteiger partial charge on any atom is -0.294 e. The first-order valence-corrected chi connectivity index (χ1v) is 7.84. The monoisotopic (exact) mass is 337 g/mol. The van der Waals surface area contributed by atoms with Crippen molar-refractivity contribution in [2.24, 2.45) is 12.5 Å². The van der Waals surface area contributed by atoms with Gasteiger partial charge in [0, 0.05) is 26.0 Å². The summed E-state index contributed by atoms with van der Waals surface area (Å²) in [4.78, 5) is 21.3. The number of hydrogen-bond acceptors (Lipinski definition) is 5. The summed E-state index contributed by atoms with van der Waals surface area (Å²) >= 11 is 0. The maximum atomic E-state index is 12.5. The predicted octanol–water partition coefficient (Wildman–Crippen LogP) is 2.33. The molecular formula is C17H19N7O. The number of anilines is 1. The van der Waals surface area contributed by atoms with Gasteiger partial charge < -0.3 is 0 Å². The maximum Gasteiger partial charge on any atom is 0.276 e. The second-order valence-electron chi connectivity index (χ2n) is 7.05. The summed E-state index contributed by atoms with van der Waals surface area (Å²) in [6.07, 6.45) is 3.07. The molecule has 8 nitrogen and oxygen atoms in total. The fourth-order valence-corrected chi connectivity index (χ4v) is 2.55. The Morgan fingerprint density at radius 2 is 2.16 bits per heavy atom. The highest BCUT2D eigenvalue weighted by Crippen LogP contribution is 2.25. The van der Waals surface area contributed by atoms with Gasteiger partial charge in [0.15, 0.2) is 5.65 Å². The molecule has 0 aliphatic carbocycles. The first-order valence-electron chi connectivity index (χ1n) is 7.84. The van der Waals surface area contributed by atoms with Crippen LogP contribution in [0.3, 0.4) is 0 Å². The van der Waals surface area contributed by atoms with Gasteiger partial charge in [0.1, 0.15) is 17.3 Å². The van der Waals surface area contributed by atoms with Crippen LogP contribution in [-0.4, -0.2) is 30.2 Å². The molecule has 0 atom stereocenters. The first kappa shape index (κ1) is 16.6. The van der Waals surface area contributed by atoms with Gasteiger partial charge in [0.05, 0.1) is 5.56 Å². The van der Waals surface area contributed by atoms with Crippen molar-refractivity contribution in [3.63, 3.8) is 0 Å². The molecule has 0 aliphatic heterocycles. The number of carbonyl (C=O) groups excluding carboxylic acids is 1. The van der Waals surface area contributed by atoms with Crippen LogP contribution in [0.5, 0.6) is 0 Å². The topological polar surface area (TPSA) is 101 Å². The summed E-state index contributed by atoms with van der Waals surface area (Å²) in [5, 5.41) is 15.9. The van der Waals surface area contributed by atoms with Crippen LogP contribution in [0.2, 0.25) is 0 Å². The number of hydrogen-bond donors (Lipinski definition) is 1. The van der Waals surface area contributed by atoms with Crippen LogP contribution in [-0.2, 0) is 13.6 Å². The van der Waals surface area contributed by atoms with E-state index in [1.165, 1.54) is 10.9 Å². The lowest BCUT2D eigenvalue weighted by Crippen LogP contribution is -2.22. The molecule has 128 valence electrons. The number of nitriles is 1. The van der Waals surface area contributed by atoms with E-state index in [1.807, 2.05) is 4.57 Å². The smallest absolute Gasteiger partial charge is 0.276 e. The summed E-state index contributed by atoms with van der Waals surface area (Å²) in [5.74, 6) is 0.102. The van der Waals surface area contributed by atoms with Gasteiger partial charge in [-0.05, 0) is 17.5 Å². The third kappa shape index (κ3) is 3.35. The Morgan fingerprint density at radius 3 is 2.76 bits per heavy atom. The largest absolute Gasteiger partial charge is 0.294 e. The minimum absolute atomic E-state index is 0.0464. The quantitative estimate of drug-likeness (QED) is 0.790. The molecule has 8 heteroatoms. The zero-order chi connectivity index (χ0) is 18.2. The van der Waals surface area contributed by atoms with Crippen LogP contribution in [0.1, 0.15) is 36.8 Å². The second-order valence-corrected chi connectivity index (χ2v) is 7.05. The molecule has 25 heavy (non-hydrogen) atoms. The van der Waals surface area contributed by atoms with E-state index in [-0.39, 0.29) is 11.3 Å². The summed E-state index contributed by atoms with van der Waals surface area (Å²) < 4.78 is 3.36. The highest BCUT2D eigenvalue weighted by Gasteiger charge is 2.21. The molecule has 3 aromatic rings. The molecular weight excluding hydrogens is 318 g/mol. The number of nitrogens with one attached hydrogen (secondary N) is 1. The van der Waals surface area contributed by atoms with Crippen molar-refractivity contribution in [2.75, 3.05) is 5.32 Å². The Balaban J connectivity index is 2.06. The average molecular weight is 337 g/mol. The molecule has 0 unspecified atom stereocenters. The Kier molecular flexibility index (Phi) is 4.00. The number of amides is 1. The molecule has 3 rings (SSSR count). The minimum atomic E-state index is -0.300. The normalized spacial score (nSPS) is 11.5. The average Bonchev–Trinajstić information content (AvgIpc) is 3.10. The van der Waals surface area contributed by atoms with Gasteiger partial charge in [-0.2, -0.15) is 10.4 Å². The van der Waals surface area contributed by atoms with Crippen molar-refractivity contribution in [1.29, 1.82) is 5.26 Å². The lowest BCUT2D eigenvalue weighted by atomic mass is 9.97. The molecule has 1 amide bonds. The van der Waals surface area contributed by atoms with Gasteiger partial charge >= 0.3 is 0 Å². The van der Waals surface area contributed by atoms with Gasteiger partial charge in [-0.1, -0.05) is 20.8 Å². The van der Waals surface area contributed by atoms with Crippen molar-refractivity contribution >= 4 is 23.0 Å². The number of fused-ring (bicyclic) bond motifs is 1. The molecule has 3 aromatic heterocycles. The van der Waals surface area contributed by atoms with Gasteiger partial charge in [-0.15, -0.1) is 0 Å². The summed E-state index contributed by atoms with van der Waals surface area (Å²) in [5.41, 5.74) is 2.02. The van der Waals surface area contributed by atoms with Crippen LogP contribution >= 0.6 is 0 Å². The summed E-state index contributed by atoms with van der Waals surface area (Å²) in [7, 11) is 1.70. The Labute approximate surface area is 145 Å². The highest BCUT2D eigenvalue weighted by atomic mass is 16.2. The van der Waals surface area contributed by atoms with Gasteiger partial charge in [-0.3, -0.25) is 19.4 Å². The zero-order valence-electron chi connectivity index (χ0n) is 14.6. The van der Waals surface area contributed by atoms with Crippen LogP contribution in [0.15, 0.2) is 24.5 Å². The standard InChI is InChI=1S/C17H19N7O/c1-17(2,3)10-24-14-12(7-11(8-18)9-19-14)21-16(24)22-15(25)13-5-6-20-23(13)4/h5-7,9H,10H2,1-4H3,(H,21,22,25). The molecule has 3 heterocycles. The highest BCUT2D eigenvalue weighted by molar-refractivity contribution is 6.02. The van der Waals surface area contributed by atoms with E-state index in [0.717, 1.165) is 0 Å². The number of nitrogens with zero attached hydrogens (tertiary/aromatic N) is 6. The van der Waals surface area contributed by atoms with Crippen LogP contribution in [0.25, 0.3) is 11.2 Å². The summed E-state index contributed by atoms with van der Waals surface area (Å²) in [6.45, 7) is 6.89. The Bertz CT molecular complexity index is 985. The van der Waals surface area contributed by atoms with Gasteiger partial charge in [-0.25, -0.2) is 9.97 Å². The number of imidazole rings is 1. The first-order chi connectivity index (χ1) is 11.8. The van der Waals surface area contributed by atoms with Crippen LogP contribution < -0.4 is 5.32 Å². The fraction of sp³-hybridized carbons (Fsp3) is 0.353. The molecule has 0 fully saturated rings. The molecule has 0 aliphatic rings. The molecule has 0 radical (unpaired) electrons. The summed E-state index contributed by atoms with van der Waals surface area (Å²) in [6, 6.07) is 5.36. The Morgan fingerprint density at radius 1 is 1.40 bits per heavy atom. The van der Waals surface area contributed by atoms with Gasteiger partial charge in [0.25, 0.3) is 5.91 Å². The van der Waals surface area contributed by atoms with Crippen molar-refractivity contribution in [2.45, 2.75) is 27.3 Å². The third-order valence-electron chi connectivity index (χ3n) is 3.63. The van der Waals surface area contributed by atoms with Crippen molar-refractivity contribution in [3.8, 4) is 6.07 Å². The fourth-order valence-electron chi connectivity index (χ4n) is 2.55. The number of pyridine rings is 1. The van der Waals surface area contributed by atoms with E-state index >= 15 is 0 Å². The zero-order valence-corrected chi connectivity index (χ0v) is 14.6. The second kappa shape index (κ2) is 6.02. The van der Waals surface area contributed by atoms with E-state index in [1.54, 1.807) is 25.4 Å². The SMILES string of the molecule is Cn1nccc1C(=O)Nc1nc2cc(C#N)cnc2n1CC(C)(C)C. The van der Waals surface area contributed by atoms with E-state index in [0.29, 0.717) is 34.9 Å². The van der Waals surface area contributed by atoms with Gasteiger partial charge in [0.2, 0.25) is 5.95 Å². The molecule has 0 saturated heterocycles. The molecule has 0 spiro atoms. The van der Waals surface area contributed by atoms with E-state index in [4.69, 9.17) is 5.26 Å². The Hall–Kier alpha value is -3.21. The van der Waals surface area contributed by atoms with Crippen molar-refractivity contribution < 1.29 is 4.79 Å². The van der Waals surface area contributed by atoms with Crippen LogP contribution in [0, 0.1) is 16.7 Å². The lowest BCUT2D eigenvalue weighted by molar-refractivity contribution is 0.101. The predicted molar refractivity (Wildman–Crippen MR) is 92.9 cm³/mol. The molecule has 1 N–H and O–H groups in total.